The molecule has 0 spiro atoms. The molecule has 96 valence electrons. The first-order valence-electron chi connectivity index (χ1n) is 6.53. The van der Waals surface area contributed by atoms with Gasteiger partial charge in [-0.1, -0.05) is 30.4 Å². The molecular formula is C14H18N2OS. The third-order valence-corrected chi connectivity index (χ3v) is 4.03. The van der Waals surface area contributed by atoms with Crippen molar-refractivity contribution < 1.29 is 4.74 Å². The number of ether oxygens (including phenoxy) is 1. The Morgan fingerprint density at radius 3 is 2.72 bits per heavy atom. The van der Waals surface area contributed by atoms with Crippen LogP contribution >= 0.6 is 12.2 Å². The molecular weight excluding hydrogens is 244 g/mol. The molecule has 1 saturated heterocycles. The lowest BCUT2D eigenvalue weighted by molar-refractivity contribution is 0.0395. The highest BCUT2D eigenvalue weighted by atomic mass is 32.1. The van der Waals surface area contributed by atoms with Gasteiger partial charge in [-0.3, -0.25) is 4.90 Å². The average Bonchev–Trinajstić information content (AvgIpc) is 2.73. The van der Waals surface area contributed by atoms with Gasteiger partial charge in [0, 0.05) is 38.3 Å². The Balaban J connectivity index is 1.64. The maximum Gasteiger partial charge on any atom is 0.0869 e. The fourth-order valence-electron chi connectivity index (χ4n) is 2.63. The minimum atomic E-state index is 0.862. The molecule has 0 amide bonds. The summed E-state index contributed by atoms with van der Waals surface area (Å²) in [7, 11) is 0. The Kier molecular flexibility index (Phi) is 3.59. The minimum Gasteiger partial charge on any atom is -0.379 e. The zero-order chi connectivity index (χ0) is 12.4. The highest BCUT2D eigenvalue weighted by Gasteiger charge is 2.23. The van der Waals surface area contributed by atoms with Crippen LogP contribution in [0.3, 0.4) is 0 Å². The molecule has 0 radical (unpaired) electrons. The maximum atomic E-state index is 5.50. The van der Waals surface area contributed by atoms with Crippen molar-refractivity contribution in [2.75, 3.05) is 44.3 Å². The van der Waals surface area contributed by atoms with Gasteiger partial charge in [0.15, 0.2) is 0 Å². The van der Waals surface area contributed by atoms with Crippen LogP contribution in [-0.4, -0.2) is 49.3 Å². The number of fused-ring (bicyclic) bond motifs is 1. The van der Waals surface area contributed by atoms with E-state index in [1.807, 2.05) is 0 Å². The molecule has 1 aromatic rings. The SMILES string of the molecule is S=C1Cc2ccccc2N1CCN1CCOCC1. The molecule has 4 heteroatoms. The van der Waals surface area contributed by atoms with E-state index in [1.54, 1.807) is 0 Å². The normalized spacial score (nSPS) is 20.2. The van der Waals surface area contributed by atoms with Crippen LogP contribution < -0.4 is 4.90 Å². The number of anilines is 1. The van der Waals surface area contributed by atoms with Gasteiger partial charge in [-0.2, -0.15) is 0 Å². The number of para-hydroxylation sites is 1. The smallest absolute Gasteiger partial charge is 0.0869 e. The zero-order valence-electron chi connectivity index (χ0n) is 10.5. The topological polar surface area (TPSA) is 15.7 Å². The Morgan fingerprint density at radius 1 is 1.11 bits per heavy atom. The van der Waals surface area contributed by atoms with Gasteiger partial charge in [0.25, 0.3) is 0 Å². The maximum absolute atomic E-state index is 5.50. The molecule has 1 aromatic carbocycles. The summed E-state index contributed by atoms with van der Waals surface area (Å²) >= 11 is 5.50. The van der Waals surface area contributed by atoms with Crippen LogP contribution in [0.5, 0.6) is 0 Å². The fraction of sp³-hybridized carbons (Fsp3) is 0.500. The van der Waals surface area contributed by atoms with E-state index in [4.69, 9.17) is 17.0 Å². The summed E-state index contributed by atoms with van der Waals surface area (Å²) < 4.78 is 5.37. The molecule has 3 nitrogen and oxygen atoms in total. The molecule has 1 fully saturated rings. The zero-order valence-corrected chi connectivity index (χ0v) is 11.3. The van der Waals surface area contributed by atoms with Crippen molar-refractivity contribution in [3.8, 4) is 0 Å². The summed E-state index contributed by atoms with van der Waals surface area (Å²) in [6.45, 7) is 5.88. The number of benzene rings is 1. The Morgan fingerprint density at radius 2 is 1.89 bits per heavy atom. The van der Waals surface area contributed by atoms with Crippen molar-refractivity contribution in [2.24, 2.45) is 0 Å². The second-order valence-corrected chi connectivity index (χ2v) is 5.28. The van der Waals surface area contributed by atoms with Gasteiger partial charge in [-0.15, -0.1) is 0 Å². The first kappa shape index (κ1) is 12.1. The molecule has 2 aliphatic heterocycles. The predicted octanol–water partition coefficient (Wildman–Crippen LogP) is 1.71. The van der Waals surface area contributed by atoms with E-state index in [9.17, 15) is 0 Å². The number of rotatable bonds is 3. The van der Waals surface area contributed by atoms with Crippen LogP contribution in [0.15, 0.2) is 24.3 Å². The first-order valence-corrected chi connectivity index (χ1v) is 6.94. The van der Waals surface area contributed by atoms with Crippen molar-refractivity contribution in [3.05, 3.63) is 29.8 Å². The highest BCUT2D eigenvalue weighted by Crippen LogP contribution is 2.28. The van der Waals surface area contributed by atoms with Gasteiger partial charge in [0.05, 0.1) is 18.2 Å². The minimum absolute atomic E-state index is 0.862. The molecule has 0 saturated carbocycles. The molecule has 18 heavy (non-hydrogen) atoms. The molecule has 0 aromatic heterocycles. The molecule has 0 N–H and O–H groups in total. The van der Waals surface area contributed by atoms with Crippen LogP contribution in [0.1, 0.15) is 5.56 Å². The molecule has 0 aliphatic carbocycles. The van der Waals surface area contributed by atoms with Crippen LogP contribution in [0.2, 0.25) is 0 Å². The lowest BCUT2D eigenvalue weighted by atomic mass is 10.2. The van der Waals surface area contributed by atoms with Crippen molar-refractivity contribution in [3.63, 3.8) is 0 Å². The second kappa shape index (κ2) is 5.34. The third-order valence-electron chi connectivity index (χ3n) is 3.67. The van der Waals surface area contributed by atoms with Gasteiger partial charge in [-0.25, -0.2) is 0 Å². The van der Waals surface area contributed by atoms with E-state index in [2.05, 4.69) is 34.1 Å². The quantitative estimate of drug-likeness (QED) is 0.770. The van der Waals surface area contributed by atoms with E-state index >= 15 is 0 Å². The number of hydrogen-bond donors (Lipinski definition) is 0. The molecule has 2 heterocycles. The molecule has 0 atom stereocenters. The van der Waals surface area contributed by atoms with Crippen molar-refractivity contribution in [2.45, 2.75) is 6.42 Å². The largest absolute Gasteiger partial charge is 0.379 e. The van der Waals surface area contributed by atoms with E-state index < -0.39 is 0 Å². The lowest BCUT2D eigenvalue weighted by Gasteiger charge is -2.29. The van der Waals surface area contributed by atoms with Gasteiger partial charge in [0.1, 0.15) is 0 Å². The van der Waals surface area contributed by atoms with Gasteiger partial charge in [-0.05, 0) is 11.6 Å². The Labute approximate surface area is 113 Å². The number of hydrogen-bond acceptors (Lipinski definition) is 3. The molecule has 0 unspecified atom stereocenters. The summed E-state index contributed by atoms with van der Waals surface area (Å²) in [6.07, 6.45) is 0.925. The number of nitrogens with zero attached hydrogens (tertiary/aromatic N) is 2. The standard InChI is InChI=1S/C14H18N2OS/c18-14-11-12-3-1-2-4-13(12)16(14)6-5-15-7-9-17-10-8-15/h1-4H,5-11H2. The fourth-order valence-corrected chi connectivity index (χ4v) is 2.97. The monoisotopic (exact) mass is 262 g/mol. The first-order chi connectivity index (χ1) is 8.84. The van der Waals surface area contributed by atoms with Crippen molar-refractivity contribution in [1.82, 2.24) is 4.90 Å². The Bertz CT molecular complexity index is 443. The molecule has 2 aliphatic rings. The van der Waals surface area contributed by atoms with Crippen LogP contribution in [-0.2, 0) is 11.2 Å². The van der Waals surface area contributed by atoms with Crippen LogP contribution in [0.25, 0.3) is 0 Å². The molecule has 0 bridgehead atoms. The third kappa shape index (κ3) is 2.41. The van der Waals surface area contributed by atoms with Crippen molar-refractivity contribution in [1.29, 1.82) is 0 Å². The van der Waals surface area contributed by atoms with E-state index in [-0.39, 0.29) is 0 Å². The lowest BCUT2D eigenvalue weighted by Crippen LogP contribution is -2.42. The van der Waals surface area contributed by atoms with E-state index in [0.717, 1.165) is 50.8 Å². The summed E-state index contributed by atoms with van der Waals surface area (Å²) in [5.74, 6) is 0. The number of morpholine rings is 1. The second-order valence-electron chi connectivity index (χ2n) is 4.80. The summed E-state index contributed by atoms with van der Waals surface area (Å²) in [5, 5.41) is 0. The van der Waals surface area contributed by atoms with Crippen LogP contribution in [0, 0.1) is 0 Å². The van der Waals surface area contributed by atoms with Crippen LogP contribution in [0.4, 0.5) is 5.69 Å². The van der Waals surface area contributed by atoms with Gasteiger partial charge < -0.3 is 9.64 Å². The highest BCUT2D eigenvalue weighted by molar-refractivity contribution is 7.80. The summed E-state index contributed by atoms with van der Waals surface area (Å²) in [6, 6.07) is 8.53. The summed E-state index contributed by atoms with van der Waals surface area (Å²) in [4.78, 5) is 5.80. The average molecular weight is 262 g/mol. The molecule has 3 rings (SSSR count). The van der Waals surface area contributed by atoms with Gasteiger partial charge in [0.2, 0.25) is 0 Å². The van der Waals surface area contributed by atoms with E-state index in [1.165, 1.54) is 11.3 Å². The van der Waals surface area contributed by atoms with Gasteiger partial charge >= 0.3 is 0 Å². The van der Waals surface area contributed by atoms with Crippen molar-refractivity contribution >= 4 is 22.9 Å². The predicted molar refractivity (Wildman–Crippen MR) is 77.3 cm³/mol. The van der Waals surface area contributed by atoms with E-state index in [0.29, 0.717) is 0 Å². The Hall–Kier alpha value is -0.970. The number of thiocarbonyl (C=S) groups is 1. The summed E-state index contributed by atoms with van der Waals surface area (Å²) in [5.41, 5.74) is 2.67.